The number of nitriles is 1. The molecule has 1 saturated heterocycles. The van der Waals surface area contributed by atoms with Crippen LogP contribution in [0.1, 0.15) is 24.3 Å². The van der Waals surface area contributed by atoms with Gasteiger partial charge < -0.3 is 9.47 Å². The second-order valence-corrected chi connectivity index (χ2v) is 15.9. The third-order valence-electron chi connectivity index (χ3n) is 2.51. The molecule has 3 nitrogen and oxygen atoms in total. The van der Waals surface area contributed by atoms with E-state index in [1.165, 1.54) is 6.07 Å². The van der Waals surface area contributed by atoms with E-state index in [4.69, 9.17) is 14.7 Å². The predicted molar refractivity (Wildman–Crippen MR) is 82.9 cm³/mol. The van der Waals surface area contributed by atoms with E-state index < -0.39 is 23.5 Å². The minimum atomic E-state index is -0.895. The molecule has 1 aromatic carbocycles. The van der Waals surface area contributed by atoms with E-state index >= 15 is 0 Å². The van der Waals surface area contributed by atoms with Gasteiger partial charge >= 0.3 is 49.4 Å². The third-order valence-corrected chi connectivity index (χ3v) is 2.51. The van der Waals surface area contributed by atoms with Crippen molar-refractivity contribution < 1.29 is 27.7 Å². The Kier molecular flexibility index (Phi) is 8.86. The fraction of sp³-hybridized carbons (Fsp3) is 0.417. The molecule has 0 radical (unpaired) electrons. The summed E-state index contributed by atoms with van der Waals surface area (Å²) in [6.07, 6.45) is -0.761. The molecule has 1 heterocycles. The zero-order valence-electron chi connectivity index (χ0n) is 10.4. The molecule has 1 aliphatic rings. The van der Waals surface area contributed by atoms with Gasteiger partial charge in [0, 0.05) is 11.5 Å². The van der Waals surface area contributed by atoms with E-state index in [1.54, 1.807) is 0 Å². The van der Waals surface area contributed by atoms with Gasteiger partial charge in [0.1, 0.15) is 23.3 Å². The van der Waals surface area contributed by atoms with E-state index in [-0.39, 0.29) is 11.5 Å². The first kappa shape index (κ1) is 18.6. The van der Waals surface area contributed by atoms with Gasteiger partial charge in [-0.05, 0) is 12.1 Å². The van der Waals surface area contributed by atoms with Crippen molar-refractivity contribution in [1.82, 2.24) is 0 Å². The maximum atomic E-state index is 13.4. The predicted octanol–water partition coefficient (Wildman–Crippen LogP) is 4.29. The molecule has 1 aliphatic heterocycles. The van der Waals surface area contributed by atoms with Crippen molar-refractivity contribution in [3.05, 3.63) is 34.9 Å². The fourth-order valence-electron chi connectivity index (χ4n) is 1.63. The van der Waals surface area contributed by atoms with Crippen LogP contribution in [-0.2, 0) is 18.9 Å². The Morgan fingerprint density at radius 1 is 1.25 bits per heavy atom. The van der Waals surface area contributed by atoms with Crippen LogP contribution < -0.4 is 0 Å². The number of ether oxygens (including phenoxy) is 2. The van der Waals surface area contributed by atoms with E-state index in [2.05, 4.69) is 40.0 Å². The number of rotatable bonds is 1. The van der Waals surface area contributed by atoms with Crippen LogP contribution in [0.2, 0.25) is 0 Å². The molecule has 0 spiro atoms. The topological polar surface area (TPSA) is 42.2 Å². The molecule has 0 amide bonds. The molecular weight excluding hydrogens is 533 g/mol. The van der Waals surface area contributed by atoms with Crippen LogP contribution in [0.25, 0.3) is 0 Å². The summed E-state index contributed by atoms with van der Waals surface area (Å²) in [5.74, 6) is -1.53. The average molecular weight is 544 g/mol. The van der Waals surface area contributed by atoms with Gasteiger partial charge in [0.05, 0.1) is 13.2 Å². The summed E-state index contributed by atoms with van der Waals surface area (Å²) in [7, 11) is 0.628. The molecule has 1 fully saturated rings. The monoisotopic (exact) mass is 544 g/mol. The molecule has 0 unspecified atom stereocenters. The Balaban J connectivity index is 0.000000612. The third kappa shape index (κ3) is 5.38. The number of benzene rings is 1. The van der Waals surface area contributed by atoms with Crippen molar-refractivity contribution in [1.29, 1.82) is 5.26 Å². The van der Waals surface area contributed by atoms with Gasteiger partial charge in [-0.2, -0.15) is 5.26 Å². The van der Waals surface area contributed by atoms with Crippen molar-refractivity contribution in [3.8, 4) is 6.07 Å². The van der Waals surface area contributed by atoms with Crippen LogP contribution in [0.3, 0.4) is 0 Å². The van der Waals surface area contributed by atoms with Crippen molar-refractivity contribution in [2.75, 3.05) is 13.2 Å². The summed E-state index contributed by atoms with van der Waals surface area (Å²) in [4.78, 5) is 0. The second kappa shape index (κ2) is 9.53. The van der Waals surface area contributed by atoms with Crippen LogP contribution >= 0.6 is 40.0 Å². The fourth-order valence-corrected chi connectivity index (χ4v) is 1.63. The average Bonchev–Trinajstić information content (AvgIpc) is 2.40. The van der Waals surface area contributed by atoms with Crippen molar-refractivity contribution in [2.24, 2.45) is 5.92 Å². The van der Waals surface area contributed by atoms with Crippen LogP contribution in [0.4, 0.5) is 8.78 Å². The van der Waals surface area contributed by atoms with E-state index in [0.29, 0.717) is 22.7 Å². The molecule has 1 aromatic rings. The Morgan fingerprint density at radius 3 is 2.10 bits per heavy atom. The van der Waals surface area contributed by atoms with Gasteiger partial charge in [-0.25, -0.2) is 8.78 Å². The maximum absolute atomic E-state index is 13.4. The molecule has 8 heteroatoms. The normalized spacial score (nSPS) is 21.4. The van der Waals surface area contributed by atoms with E-state index in [0.717, 1.165) is 12.1 Å². The van der Waals surface area contributed by atoms with Crippen LogP contribution in [-0.4, -0.2) is 13.2 Å². The molecule has 0 atom stereocenters. The van der Waals surface area contributed by atoms with Crippen molar-refractivity contribution in [2.45, 2.75) is 13.2 Å². The summed E-state index contributed by atoms with van der Waals surface area (Å²) < 4.78 is 37.4. The van der Waals surface area contributed by atoms with Gasteiger partial charge in [0.15, 0.2) is 6.29 Å². The molecular formula is C12H11F2I2NO2V. The van der Waals surface area contributed by atoms with Crippen LogP contribution in [0.5, 0.6) is 0 Å². The first-order chi connectivity index (χ1) is 9.53. The standard InChI is InChI=1S/C12H11F2NO2.2HI.V/c1-7-5-16-12(17-6-7)8-2-10(13)9(4-15)11(14)3-8;;;/h2-3,7,12H,5-6H2,1H3;2*1H;/q;;;+2/p-2. The Morgan fingerprint density at radius 2 is 1.70 bits per heavy atom. The minimum absolute atomic E-state index is 0.255. The zero-order valence-corrected chi connectivity index (χ0v) is 16.2. The molecule has 20 heavy (non-hydrogen) atoms. The van der Waals surface area contributed by atoms with Crippen LogP contribution in [0, 0.1) is 28.9 Å². The molecule has 0 saturated carbocycles. The van der Waals surface area contributed by atoms with Crippen molar-refractivity contribution in [3.63, 3.8) is 0 Å². The molecule has 2 rings (SSSR count). The molecule has 0 N–H and O–H groups in total. The zero-order chi connectivity index (χ0) is 15.1. The summed E-state index contributed by atoms with van der Waals surface area (Å²) >= 11 is 4.74. The van der Waals surface area contributed by atoms with Gasteiger partial charge in [0.2, 0.25) is 0 Å². The Bertz CT molecular complexity index is 468. The summed E-state index contributed by atoms with van der Waals surface area (Å²) in [6.45, 7) is 2.91. The molecule has 0 bridgehead atoms. The summed E-state index contributed by atoms with van der Waals surface area (Å²) in [5.41, 5.74) is -0.330. The van der Waals surface area contributed by atoms with E-state index in [9.17, 15) is 8.78 Å². The van der Waals surface area contributed by atoms with Crippen molar-refractivity contribution >= 4 is 40.0 Å². The van der Waals surface area contributed by atoms with Gasteiger partial charge in [0.25, 0.3) is 0 Å². The Hall–Kier alpha value is 0.534. The number of nitrogens with zero attached hydrogens (tertiary/aromatic N) is 1. The van der Waals surface area contributed by atoms with Gasteiger partial charge in [-0.1, -0.05) is 6.92 Å². The first-order valence-corrected chi connectivity index (χ1v) is 14.6. The van der Waals surface area contributed by atoms with Gasteiger partial charge in [-0.3, -0.25) is 0 Å². The second-order valence-electron chi connectivity index (χ2n) is 4.14. The van der Waals surface area contributed by atoms with E-state index in [1.807, 2.05) is 6.92 Å². The molecule has 0 aromatic heterocycles. The van der Waals surface area contributed by atoms with Crippen LogP contribution in [0.15, 0.2) is 12.1 Å². The quantitative estimate of drug-likeness (QED) is 0.497. The summed E-state index contributed by atoms with van der Waals surface area (Å²) in [5, 5.41) is 8.54. The SMILES string of the molecule is CC1COC(c2cc(F)c(C#N)c(F)c2)OC1.[I][V][I]. The Labute approximate surface area is 145 Å². The number of hydrogen-bond acceptors (Lipinski definition) is 3. The molecule has 0 aliphatic carbocycles. The molecule has 109 valence electrons. The first-order valence-electron chi connectivity index (χ1n) is 5.58. The summed E-state index contributed by atoms with van der Waals surface area (Å²) in [6, 6.07) is 3.61. The number of halogens is 4. The number of hydrogen-bond donors (Lipinski definition) is 0. The van der Waals surface area contributed by atoms with Gasteiger partial charge in [-0.15, -0.1) is 0 Å².